The summed E-state index contributed by atoms with van der Waals surface area (Å²) in [6.45, 7) is 4.13. The van der Waals surface area contributed by atoms with E-state index in [1.165, 1.54) is 0 Å². The summed E-state index contributed by atoms with van der Waals surface area (Å²) in [6.07, 6.45) is 5.34. The van der Waals surface area contributed by atoms with Crippen LogP contribution in [0.1, 0.15) is 52.4 Å². The van der Waals surface area contributed by atoms with E-state index in [2.05, 4.69) is 13.8 Å². The van der Waals surface area contributed by atoms with E-state index < -0.39 is 20.1 Å². The molecule has 0 aromatic heterocycles. The van der Waals surface area contributed by atoms with Crippen molar-refractivity contribution in [2.24, 2.45) is 0 Å². The molecule has 0 N–H and O–H groups in total. The van der Waals surface area contributed by atoms with Crippen LogP contribution in [0.4, 0.5) is 8.78 Å². The van der Waals surface area contributed by atoms with Gasteiger partial charge in [-0.2, -0.15) is 0 Å². The van der Waals surface area contributed by atoms with Gasteiger partial charge in [0.05, 0.1) is 0 Å². The molecule has 0 aromatic carbocycles. The minimum absolute atomic E-state index is 0.305. The summed E-state index contributed by atoms with van der Waals surface area (Å²) in [4.78, 5) is 0. The Morgan fingerprint density at radius 2 is 1.64 bits per heavy atom. The fraction of sp³-hybridized carbons (Fsp3) is 1.00. The summed E-state index contributed by atoms with van der Waals surface area (Å²) < 4.78 is 26.3. The second-order valence-electron chi connectivity index (χ2n) is 3.76. The van der Waals surface area contributed by atoms with E-state index in [4.69, 9.17) is 0 Å². The molecular formula is C10H24F2P2. The Morgan fingerprint density at radius 1 is 1.07 bits per heavy atom. The first-order valence-electron chi connectivity index (χ1n) is 5.72. The van der Waals surface area contributed by atoms with E-state index >= 15 is 0 Å². The first-order chi connectivity index (χ1) is 6.70. The molecule has 0 saturated heterocycles. The van der Waals surface area contributed by atoms with Gasteiger partial charge in [-0.15, -0.1) is 0 Å². The molecule has 0 saturated carbocycles. The standard InChI is InChI=1S/C10H24F2P2/c1-3-5-7-9(11)13-14-10(12)8-6-4-2/h9-10,13H,3-8H2,1-2,14H3. The zero-order valence-corrected chi connectivity index (χ0v) is 11.8. The number of hydrogen-bond acceptors (Lipinski definition) is 0. The van der Waals surface area contributed by atoms with Crippen molar-refractivity contribution in [3.63, 3.8) is 0 Å². The van der Waals surface area contributed by atoms with Gasteiger partial charge in [0.1, 0.15) is 0 Å². The second kappa shape index (κ2) is 10.2. The van der Waals surface area contributed by atoms with Crippen LogP contribution in [-0.4, -0.2) is 11.8 Å². The number of halogens is 2. The zero-order valence-electron chi connectivity index (χ0n) is 9.36. The summed E-state index contributed by atoms with van der Waals surface area (Å²) >= 11 is 0. The van der Waals surface area contributed by atoms with Gasteiger partial charge < -0.3 is 0 Å². The molecule has 0 aliphatic rings. The van der Waals surface area contributed by atoms with E-state index in [1.807, 2.05) is 0 Å². The molecule has 0 aliphatic carbocycles. The average Bonchev–Trinajstić information content (AvgIpc) is 2.20. The maximum absolute atomic E-state index is 13.2. The van der Waals surface area contributed by atoms with Crippen molar-refractivity contribution in [2.75, 3.05) is 0 Å². The summed E-state index contributed by atoms with van der Waals surface area (Å²) in [6, 6.07) is 0. The van der Waals surface area contributed by atoms with E-state index in [9.17, 15) is 8.78 Å². The second-order valence-corrected chi connectivity index (χ2v) is 8.54. The summed E-state index contributed by atoms with van der Waals surface area (Å²) in [5.41, 5.74) is 0. The van der Waals surface area contributed by atoms with Gasteiger partial charge in [-0.25, -0.2) is 0 Å². The number of rotatable bonds is 9. The Bertz CT molecular complexity index is 109. The molecule has 0 spiro atoms. The molecule has 4 heteroatoms. The van der Waals surface area contributed by atoms with Gasteiger partial charge in [0, 0.05) is 0 Å². The van der Waals surface area contributed by atoms with Gasteiger partial charge in [0.15, 0.2) is 0 Å². The third kappa shape index (κ3) is 9.28. The monoisotopic (exact) mass is 244 g/mol. The van der Waals surface area contributed by atoms with Crippen LogP contribution in [0.3, 0.4) is 0 Å². The molecule has 0 aliphatic heterocycles. The fourth-order valence-corrected chi connectivity index (χ4v) is 5.44. The van der Waals surface area contributed by atoms with Crippen molar-refractivity contribution in [2.45, 2.75) is 64.2 Å². The Kier molecular flexibility index (Phi) is 10.8. The zero-order chi connectivity index (χ0) is 10.8. The predicted octanol–water partition coefficient (Wildman–Crippen LogP) is 4.69. The predicted molar refractivity (Wildman–Crippen MR) is 68.3 cm³/mol. The van der Waals surface area contributed by atoms with Crippen molar-refractivity contribution < 1.29 is 8.78 Å². The van der Waals surface area contributed by atoms with E-state index in [0.717, 1.165) is 25.7 Å². The molecule has 0 fully saturated rings. The summed E-state index contributed by atoms with van der Waals surface area (Å²) in [5, 5.41) is 0. The molecule has 0 radical (unpaired) electrons. The van der Waals surface area contributed by atoms with Gasteiger partial charge in [-0.3, -0.25) is 0 Å². The van der Waals surface area contributed by atoms with Crippen LogP contribution in [0, 0.1) is 0 Å². The molecule has 0 heterocycles. The van der Waals surface area contributed by atoms with Crippen LogP contribution in [0.2, 0.25) is 0 Å². The van der Waals surface area contributed by atoms with Crippen LogP contribution in [0.15, 0.2) is 0 Å². The Balaban J connectivity index is 3.31. The van der Waals surface area contributed by atoms with E-state index in [1.54, 1.807) is 0 Å². The van der Waals surface area contributed by atoms with E-state index in [0.29, 0.717) is 21.1 Å². The molecule has 0 aromatic rings. The molecule has 0 nitrogen and oxygen atoms in total. The molecule has 3 atom stereocenters. The van der Waals surface area contributed by atoms with Crippen LogP contribution < -0.4 is 0 Å². The molecule has 14 heavy (non-hydrogen) atoms. The molecule has 88 valence electrons. The van der Waals surface area contributed by atoms with Crippen LogP contribution >= 0.6 is 16.5 Å². The molecule has 3 unspecified atom stereocenters. The third-order valence-electron chi connectivity index (χ3n) is 2.24. The van der Waals surface area contributed by atoms with Crippen LogP contribution in [0.25, 0.3) is 0 Å². The fourth-order valence-electron chi connectivity index (χ4n) is 1.27. The van der Waals surface area contributed by atoms with Crippen LogP contribution in [-0.2, 0) is 0 Å². The molecule has 0 rings (SSSR count). The summed E-state index contributed by atoms with van der Waals surface area (Å²) in [7, 11) is -0.469. The van der Waals surface area contributed by atoms with Crippen molar-refractivity contribution in [1.29, 1.82) is 0 Å². The molecular weight excluding hydrogens is 220 g/mol. The molecule has 0 bridgehead atoms. The first kappa shape index (κ1) is 14.7. The van der Waals surface area contributed by atoms with Gasteiger partial charge in [0.25, 0.3) is 0 Å². The Hall–Kier alpha value is 0.720. The van der Waals surface area contributed by atoms with Gasteiger partial charge in [-0.1, -0.05) is 0 Å². The maximum atomic E-state index is 13.2. The average molecular weight is 244 g/mol. The number of hydrogen-bond donors (Lipinski definition) is 0. The van der Waals surface area contributed by atoms with Gasteiger partial charge in [-0.05, 0) is 0 Å². The topological polar surface area (TPSA) is 0 Å². The van der Waals surface area contributed by atoms with Crippen molar-refractivity contribution >= 4 is 16.5 Å². The quantitative estimate of drug-likeness (QED) is 0.516. The Labute approximate surface area is 90.1 Å². The van der Waals surface area contributed by atoms with E-state index in [-0.39, 0.29) is 0 Å². The van der Waals surface area contributed by atoms with Gasteiger partial charge >= 0.3 is 89.5 Å². The Morgan fingerprint density at radius 3 is 2.21 bits per heavy atom. The molecule has 0 amide bonds. The van der Waals surface area contributed by atoms with Crippen molar-refractivity contribution in [3.8, 4) is 0 Å². The summed E-state index contributed by atoms with van der Waals surface area (Å²) in [5.74, 6) is -1.32. The van der Waals surface area contributed by atoms with Crippen molar-refractivity contribution in [1.82, 2.24) is 0 Å². The SMILES string of the molecule is CCCCC(F)P[PH3]C(F)CCCC. The number of unbranched alkanes of at least 4 members (excludes halogenated alkanes) is 2. The normalized spacial score (nSPS) is 16.6. The van der Waals surface area contributed by atoms with Gasteiger partial charge in [0.2, 0.25) is 0 Å². The number of alkyl halides is 2. The third-order valence-corrected chi connectivity index (χ3v) is 7.43. The van der Waals surface area contributed by atoms with Crippen molar-refractivity contribution in [3.05, 3.63) is 0 Å². The van der Waals surface area contributed by atoms with Crippen LogP contribution in [0.5, 0.6) is 0 Å². The first-order valence-corrected chi connectivity index (χ1v) is 9.94. The minimum atomic E-state index is -0.774.